The number of esters is 1. The number of nitrogens with zero attached hydrogens (tertiary/aromatic N) is 2. The molecule has 3 aromatic rings. The van der Waals surface area contributed by atoms with Crippen LogP contribution >= 0.6 is 0 Å². The van der Waals surface area contributed by atoms with E-state index in [2.05, 4.69) is 31.2 Å². The number of carbonyl (C=O) groups excluding carboxylic acids is 2. The molecule has 31 heavy (non-hydrogen) atoms. The number of carbonyl (C=O) groups is 2. The molecule has 0 fully saturated rings. The van der Waals surface area contributed by atoms with Crippen molar-refractivity contribution in [3.63, 3.8) is 0 Å². The summed E-state index contributed by atoms with van der Waals surface area (Å²) < 4.78 is 12.2. The molecule has 3 rings (SSSR count). The van der Waals surface area contributed by atoms with Gasteiger partial charge in [-0.1, -0.05) is 57.2 Å². The van der Waals surface area contributed by atoms with Gasteiger partial charge >= 0.3 is 5.97 Å². The van der Waals surface area contributed by atoms with Gasteiger partial charge in [-0.15, -0.1) is 0 Å². The highest BCUT2D eigenvalue weighted by molar-refractivity contribution is 5.92. The van der Waals surface area contributed by atoms with E-state index in [9.17, 15) is 9.59 Å². The standard InChI is InChI=1S/C24H27N3O4/c1-24(2,3)20-16-21(27(26-20)18-10-6-4-7-11-18)25-22(28)17-31-23(29)14-15-30-19-12-8-5-9-13-19/h4-13,16H,14-15,17H2,1-3H3,(H,25,28). The summed E-state index contributed by atoms with van der Waals surface area (Å²) >= 11 is 0. The molecule has 1 amide bonds. The van der Waals surface area contributed by atoms with E-state index in [-0.39, 0.29) is 25.0 Å². The number of aromatic nitrogens is 2. The number of ether oxygens (including phenoxy) is 2. The average Bonchev–Trinajstić information content (AvgIpc) is 3.18. The number of hydrogen-bond donors (Lipinski definition) is 1. The Morgan fingerprint density at radius 3 is 2.29 bits per heavy atom. The van der Waals surface area contributed by atoms with Crippen LogP contribution in [-0.4, -0.2) is 34.9 Å². The van der Waals surface area contributed by atoms with Crippen LogP contribution < -0.4 is 10.1 Å². The summed E-state index contributed by atoms with van der Waals surface area (Å²) in [7, 11) is 0. The van der Waals surface area contributed by atoms with Gasteiger partial charge in [0.2, 0.25) is 0 Å². The van der Waals surface area contributed by atoms with Crippen LogP contribution in [0.3, 0.4) is 0 Å². The van der Waals surface area contributed by atoms with Gasteiger partial charge in [0.1, 0.15) is 11.6 Å². The fourth-order valence-electron chi connectivity index (χ4n) is 2.77. The SMILES string of the molecule is CC(C)(C)c1cc(NC(=O)COC(=O)CCOc2ccccc2)n(-c2ccccc2)n1. The zero-order valence-electron chi connectivity index (χ0n) is 18.0. The first-order valence-corrected chi connectivity index (χ1v) is 10.1. The third-order valence-corrected chi connectivity index (χ3v) is 4.43. The Labute approximate surface area is 182 Å². The van der Waals surface area contributed by atoms with Crippen molar-refractivity contribution < 1.29 is 19.1 Å². The van der Waals surface area contributed by atoms with Crippen LogP contribution in [0.25, 0.3) is 5.69 Å². The minimum absolute atomic E-state index is 0.0539. The minimum atomic E-state index is -0.502. The van der Waals surface area contributed by atoms with Gasteiger partial charge < -0.3 is 14.8 Å². The second-order valence-electron chi connectivity index (χ2n) is 8.03. The summed E-state index contributed by atoms with van der Waals surface area (Å²) in [6.07, 6.45) is 0.0539. The minimum Gasteiger partial charge on any atom is -0.493 e. The predicted octanol–water partition coefficient (Wildman–Crippen LogP) is 4.12. The molecule has 1 aromatic heterocycles. The Kier molecular flexibility index (Phi) is 7.07. The number of rotatable bonds is 8. The summed E-state index contributed by atoms with van der Waals surface area (Å²) in [5.41, 5.74) is 1.47. The van der Waals surface area contributed by atoms with E-state index in [0.29, 0.717) is 11.6 Å². The highest BCUT2D eigenvalue weighted by Gasteiger charge is 2.21. The van der Waals surface area contributed by atoms with Gasteiger partial charge in [-0.2, -0.15) is 5.10 Å². The van der Waals surface area contributed by atoms with Crippen LogP contribution in [0.2, 0.25) is 0 Å². The van der Waals surface area contributed by atoms with Gasteiger partial charge in [-0.25, -0.2) is 4.68 Å². The molecule has 7 heteroatoms. The van der Waals surface area contributed by atoms with E-state index in [0.717, 1.165) is 11.4 Å². The Balaban J connectivity index is 1.56. The smallest absolute Gasteiger partial charge is 0.309 e. The molecular weight excluding hydrogens is 394 g/mol. The molecule has 0 aliphatic heterocycles. The van der Waals surface area contributed by atoms with Crippen LogP contribution in [0, 0.1) is 0 Å². The number of benzene rings is 2. The predicted molar refractivity (Wildman–Crippen MR) is 118 cm³/mol. The Hall–Kier alpha value is -3.61. The van der Waals surface area contributed by atoms with Crippen LogP contribution in [0.5, 0.6) is 5.75 Å². The van der Waals surface area contributed by atoms with E-state index < -0.39 is 11.9 Å². The normalized spacial score (nSPS) is 11.1. The van der Waals surface area contributed by atoms with E-state index in [1.54, 1.807) is 16.8 Å². The molecule has 0 saturated carbocycles. The summed E-state index contributed by atoms with van der Waals surface area (Å²) in [6.45, 7) is 5.95. The molecule has 0 aliphatic carbocycles. The molecule has 162 valence electrons. The van der Waals surface area contributed by atoms with Gasteiger partial charge in [0.25, 0.3) is 5.91 Å². The number of amides is 1. The molecule has 7 nitrogen and oxygen atoms in total. The van der Waals surface area contributed by atoms with E-state index >= 15 is 0 Å². The number of hydrogen-bond acceptors (Lipinski definition) is 5. The van der Waals surface area contributed by atoms with Gasteiger partial charge in [-0.05, 0) is 24.3 Å². The summed E-state index contributed by atoms with van der Waals surface area (Å²) in [5.74, 6) is 0.259. The lowest BCUT2D eigenvalue weighted by Gasteiger charge is -2.14. The Morgan fingerprint density at radius 2 is 1.65 bits per heavy atom. The first-order valence-electron chi connectivity index (χ1n) is 10.1. The fraction of sp³-hybridized carbons (Fsp3) is 0.292. The highest BCUT2D eigenvalue weighted by atomic mass is 16.5. The molecule has 1 N–H and O–H groups in total. The van der Waals surface area contributed by atoms with Gasteiger partial charge in [0.05, 0.1) is 24.4 Å². The largest absolute Gasteiger partial charge is 0.493 e. The van der Waals surface area contributed by atoms with Gasteiger partial charge in [0.15, 0.2) is 6.61 Å². The lowest BCUT2D eigenvalue weighted by atomic mass is 9.92. The average molecular weight is 421 g/mol. The first kappa shape index (κ1) is 22.1. The topological polar surface area (TPSA) is 82.5 Å². The quantitative estimate of drug-likeness (QED) is 0.553. The summed E-state index contributed by atoms with van der Waals surface area (Å²) in [4.78, 5) is 24.3. The van der Waals surface area contributed by atoms with Gasteiger partial charge in [-0.3, -0.25) is 9.59 Å². The van der Waals surface area contributed by atoms with Crippen molar-refractivity contribution in [1.82, 2.24) is 9.78 Å². The van der Waals surface area contributed by atoms with Crippen molar-refractivity contribution >= 4 is 17.7 Å². The fourth-order valence-corrected chi connectivity index (χ4v) is 2.77. The molecule has 0 unspecified atom stereocenters. The van der Waals surface area contributed by atoms with Crippen molar-refractivity contribution in [3.05, 3.63) is 72.4 Å². The lowest BCUT2D eigenvalue weighted by molar-refractivity contribution is -0.147. The molecule has 0 spiro atoms. The van der Waals surface area contributed by atoms with Gasteiger partial charge in [0, 0.05) is 11.5 Å². The number of para-hydroxylation sites is 2. The second kappa shape index (κ2) is 9.93. The zero-order valence-corrected chi connectivity index (χ0v) is 18.0. The molecule has 2 aromatic carbocycles. The molecule has 1 heterocycles. The third kappa shape index (κ3) is 6.44. The van der Waals surface area contributed by atoms with Crippen LogP contribution in [0.4, 0.5) is 5.82 Å². The summed E-state index contributed by atoms with van der Waals surface area (Å²) in [5, 5.41) is 7.44. The van der Waals surface area contributed by atoms with Crippen molar-refractivity contribution in [2.75, 3.05) is 18.5 Å². The highest BCUT2D eigenvalue weighted by Crippen LogP contribution is 2.26. The maximum Gasteiger partial charge on any atom is 0.309 e. The van der Waals surface area contributed by atoms with Crippen LogP contribution in [-0.2, 0) is 19.7 Å². The van der Waals surface area contributed by atoms with E-state index in [1.807, 2.05) is 54.6 Å². The molecule has 0 atom stereocenters. The van der Waals surface area contributed by atoms with Crippen molar-refractivity contribution in [3.8, 4) is 11.4 Å². The lowest BCUT2D eigenvalue weighted by Crippen LogP contribution is -2.23. The second-order valence-corrected chi connectivity index (χ2v) is 8.03. The maximum absolute atomic E-state index is 12.4. The molecule has 0 aliphatic rings. The zero-order chi connectivity index (χ0) is 22.3. The Morgan fingerprint density at radius 1 is 1.00 bits per heavy atom. The maximum atomic E-state index is 12.4. The molecule has 0 saturated heterocycles. The Bertz CT molecular complexity index is 1010. The van der Waals surface area contributed by atoms with E-state index in [1.165, 1.54) is 0 Å². The third-order valence-electron chi connectivity index (χ3n) is 4.43. The molecule has 0 radical (unpaired) electrons. The van der Waals surface area contributed by atoms with Crippen molar-refractivity contribution in [2.45, 2.75) is 32.6 Å². The van der Waals surface area contributed by atoms with Crippen LogP contribution in [0.15, 0.2) is 66.7 Å². The number of anilines is 1. The van der Waals surface area contributed by atoms with Crippen molar-refractivity contribution in [2.24, 2.45) is 0 Å². The monoisotopic (exact) mass is 421 g/mol. The van der Waals surface area contributed by atoms with Crippen molar-refractivity contribution in [1.29, 1.82) is 0 Å². The number of nitrogens with one attached hydrogen (secondary N) is 1. The first-order chi connectivity index (χ1) is 14.8. The van der Waals surface area contributed by atoms with Crippen LogP contribution in [0.1, 0.15) is 32.9 Å². The molecular formula is C24H27N3O4. The van der Waals surface area contributed by atoms with E-state index in [4.69, 9.17) is 9.47 Å². The molecule has 0 bridgehead atoms. The summed E-state index contributed by atoms with van der Waals surface area (Å²) in [6, 6.07) is 20.6.